The molecular formula is C16H15BrOS. The van der Waals surface area contributed by atoms with Gasteiger partial charge in [-0.05, 0) is 29.3 Å². The summed E-state index contributed by atoms with van der Waals surface area (Å²) in [6.45, 7) is 0. The van der Waals surface area contributed by atoms with E-state index >= 15 is 0 Å². The number of thioether (sulfide) groups is 1. The van der Waals surface area contributed by atoms with Crippen molar-refractivity contribution in [3.05, 3.63) is 64.1 Å². The van der Waals surface area contributed by atoms with Crippen LogP contribution in [-0.4, -0.2) is 11.9 Å². The second-order valence-corrected chi connectivity index (χ2v) is 6.64. The predicted molar refractivity (Wildman–Crippen MR) is 84.9 cm³/mol. The smallest absolute Gasteiger partial charge is 0.123 e. The van der Waals surface area contributed by atoms with E-state index < -0.39 is 0 Å². The standard InChI is InChI=1S/C16H15BrOS/c17-14-7-5-12(6-8-14)10-19-11-15-9-13-3-1-2-4-16(13)18-15/h1-8,15H,9-11H2. The lowest BCUT2D eigenvalue weighted by Gasteiger charge is -2.10. The van der Waals surface area contributed by atoms with E-state index in [-0.39, 0.29) is 0 Å². The Hall–Kier alpha value is -0.930. The van der Waals surface area contributed by atoms with E-state index in [1.807, 2.05) is 17.8 Å². The van der Waals surface area contributed by atoms with Gasteiger partial charge in [-0.1, -0.05) is 46.3 Å². The molecule has 1 aliphatic rings. The van der Waals surface area contributed by atoms with Gasteiger partial charge in [0.05, 0.1) is 0 Å². The van der Waals surface area contributed by atoms with Gasteiger partial charge in [0, 0.05) is 22.4 Å². The van der Waals surface area contributed by atoms with Crippen LogP contribution >= 0.6 is 27.7 Å². The second kappa shape index (κ2) is 6.02. The molecule has 98 valence electrons. The zero-order valence-corrected chi connectivity index (χ0v) is 12.9. The van der Waals surface area contributed by atoms with Crippen LogP contribution in [0.2, 0.25) is 0 Å². The monoisotopic (exact) mass is 334 g/mol. The van der Waals surface area contributed by atoms with Crippen LogP contribution in [0.1, 0.15) is 11.1 Å². The molecule has 1 aliphatic heterocycles. The van der Waals surface area contributed by atoms with Gasteiger partial charge in [0.1, 0.15) is 11.9 Å². The Morgan fingerprint density at radius 3 is 2.68 bits per heavy atom. The highest BCUT2D eigenvalue weighted by Crippen LogP contribution is 2.30. The summed E-state index contributed by atoms with van der Waals surface area (Å²) in [6, 6.07) is 16.9. The molecule has 1 nitrogen and oxygen atoms in total. The van der Waals surface area contributed by atoms with Gasteiger partial charge in [0.2, 0.25) is 0 Å². The summed E-state index contributed by atoms with van der Waals surface area (Å²) in [5, 5.41) is 0. The molecule has 3 rings (SSSR count). The largest absolute Gasteiger partial charge is 0.489 e. The maximum absolute atomic E-state index is 5.94. The minimum Gasteiger partial charge on any atom is -0.489 e. The molecule has 1 atom stereocenters. The van der Waals surface area contributed by atoms with Crippen LogP contribution in [0.4, 0.5) is 0 Å². The Morgan fingerprint density at radius 1 is 1.11 bits per heavy atom. The van der Waals surface area contributed by atoms with Crippen molar-refractivity contribution < 1.29 is 4.74 Å². The number of para-hydroxylation sites is 1. The van der Waals surface area contributed by atoms with Crippen LogP contribution in [0.5, 0.6) is 5.75 Å². The summed E-state index contributed by atoms with van der Waals surface area (Å²) in [7, 11) is 0. The molecule has 3 heteroatoms. The minimum atomic E-state index is 0.331. The average Bonchev–Trinajstić information content (AvgIpc) is 2.83. The maximum Gasteiger partial charge on any atom is 0.123 e. The van der Waals surface area contributed by atoms with Crippen LogP contribution in [0.15, 0.2) is 53.0 Å². The molecule has 0 spiro atoms. The first-order valence-electron chi connectivity index (χ1n) is 6.38. The number of halogens is 1. The quantitative estimate of drug-likeness (QED) is 0.802. The minimum absolute atomic E-state index is 0.331. The van der Waals surface area contributed by atoms with Gasteiger partial charge >= 0.3 is 0 Å². The number of fused-ring (bicyclic) bond motifs is 1. The van der Waals surface area contributed by atoms with Gasteiger partial charge in [-0.3, -0.25) is 0 Å². The lowest BCUT2D eigenvalue weighted by Crippen LogP contribution is -2.15. The third-order valence-corrected chi connectivity index (χ3v) is 4.87. The highest BCUT2D eigenvalue weighted by atomic mass is 79.9. The first-order valence-corrected chi connectivity index (χ1v) is 8.33. The van der Waals surface area contributed by atoms with E-state index in [0.717, 1.165) is 28.1 Å². The van der Waals surface area contributed by atoms with E-state index in [0.29, 0.717) is 6.10 Å². The number of benzene rings is 2. The van der Waals surface area contributed by atoms with Gasteiger partial charge in [-0.25, -0.2) is 0 Å². The van der Waals surface area contributed by atoms with E-state index in [4.69, 9.17) is 4.74 Å². The Bertz CT molecular complexity index is 528. The Balaban J connectivity index is 1.48. The lowest BCUT2D eigenvalue weighted by atomic mass is 10.1. The molecule has 0 amide bonds. The van der Waals surface area contributed by atoms with Crippen LogP contribution in [0, 0.1) is 0 Å². The van der Waals surface area contributed by atoms with Gasteiger partial charge < -0.3 is 4.74 Å². The fraction of sp³-hybridized carbons (Fsp3) is 0.250. The molecule has 0 aromatic heterocycles. The fourth-order valence-corrected chi connectivity index (χ4v) is 3.49. The SMILES string of the molecule is Brc1ccc(CSCC2Cc3ccccc3O2)cc1. The number of ether oxygens (including phenoxy) is 1. The Labute approximate surface area is 126 Å². The molecule has 0 bridgehead atoms. The zero-order chi connectivity index (χ0) is 13.1. The summed E-state index contributed by atoms with van der Waals surface area (Å²) in [6.07, 6.45) is 1.38. The Morgan fingerprint density at radius 2 is 1.89 bits per heavy atom. The average molecular weight is 335 g/mol. The molecule has 0 fully saturated rings. The van der Waals surface area contributed by atoms with Crippen molar-refractivity contribution in [1.82, 2.24) is 0 Å². The molecular weight excluding hydrogens is 320 g/mol. The topological polar surface area (TPSA) is 9.23 Å². The van der Waals surface area contributed by atoms with Crippen LogP contribution < -0.4 is 4.74 Å². The summed E-state index contributed by atoms with van der Waals surface area (Å²) in [5.41, 5.74) is 2.71. The van der Waals surface area contributed by atoms with Gasteiger partial charge in [0.25, 0.3) is 0 Å². The van der Waals surface area contributed by atoms with Crippen molar-refractivity contribution in [3.63, 3.8) is 0 Å². The summed E-state index contributed by atoms with van der Waals surface area (Å²) in [5.74, 6) is 3.16. The summed E-state index contributed by atoms with van der Waals surface area (Å²) < 4.78 is 7.07. The predicted octanol–water partition coefficient (Wildman–Crippen LogP) is 4.69. The highest BCUT2D eigenvalue weighted by Gasteiger charge is 2.21. The second-order valence-electron chi connectivity index (χ2n) is 4.69. The molecule has 0 radical (unpaired) electrons. The van der Waals surface area contributed by atoms with Gasteiger partial charge in [-0.2, -0.15) is 11.8 Å². The van der Waals surface area contributed by atoms with Crippen molar-refractivity contribution >= 4 is 27.7 Å². The lowest BCUT2D eigenvalue weighted by molar-refractivity contribution is 0.259. The van der Waals surface area contributed by atoms with Crippen molar-refractivity contribution in [2.75, 3.05) is 5.75 Å². The first-order chi connectivity index (χ1) is 9.31. The van der Waals surface area contributed by atoms with Crippen LogP contribution in [0.25, 0.3) is 0 Å². The number of hydrogen-bond acceptors (Lipinski definition) is 2. The van der Waals surface area contributed by atoms with E-state index in [1.165, 1.54) is 11.1 Å². The molecule has 1 unspecified atom stereocenters. The number of hydrogen-bond donors (Lipinski definition) is 0. The van der Waals surface area contributed by atoms with E-state index in [9.17, 15) is 0 Å². The molecule has 0 saturated heterocycles. The maximum atomic E-state index is 5.94. The fourth-order valence-electron chi connectivity index (χ4n) is 2.24. The molecule has 19 heavy (non-hydrogen) atoms. The molecule has 0 saturated carbocycles. The molecule has 2 aromatic rings. The normalized spacial score (nSPS) is 17.0. The third kappa shape index (κ3) is 3.34. The molecule has 2 aromatic carbocycles. The third-order valence-electron chi connectivity index (χ3n) is 3.20. The van der Waals surface area contributed by atoms with E-state index in [2.05, 4.69) is 58.4 Å². The molecule has 1 heterocycles. The molecule has 0 N–H and O–H groups in total. The highest BCUT2D eigenvalue weighted by molar-refractivity contribution is 9.10. The van der Waals surface area contributed by atoms with Crippen molar-refractivity contribution in [3.8, 4) is 5.75 Å². The van der Waals surface area contributed by atoms with Crippen molar-refractivity contribution in [2.24, 2.45) is 0 Å². The molecule has 0 aliphatic carbocycles. The summed E-state index contributed by atoms with van der Waals surface area (Å²) in [4.78, 5) is 0. The van der Waals surface area contributed by atoms with Crippen LogP contribution in [-0.2, 0) is 12.2 Å². The van der Waals surface area contributed by atoms with E-state index in [1.54, 1.807) is 0 Å². The first kappa shape index (κ1) is 13.1. The zero-order valence-electron chi connectivity index (χ0n) is 10.5. The van der Waals surface area contributed by atoms with Crippen molar-refractivity contribution in [2.45, 2.75) is 18.3 Å². The number of rotatable bonds is 4. The van der Waals surface area contributed by atoms with Gasteiger partial charge in [-0.15, -0.1) is 0 Å². The van der Waals surface area contributed by atoms with Gasteiger partial charge in [0.15, 0.2) is 0 Å². The van der Waals surface area contributed by atoms with Crippen molar-refractivity contribution in [1.29, 1.82) is 0 Å². The summed E-state index contributed by atoms with van der Waals surface area (Å²) >= 11 is 5.40. The van der Waals surface area contributed by atoms with Crippen LogP contribution in [0.3, 0.4) is 0 Å². The Kier molecular flexibility index (Phi) is 4.14.